The van der Waals surface area contributed by atoms with Gasteiger partial charge in [-0.05, 0) is 25.1 Å². The molecular formula is C14H12BrCl2NO3. The average molecular weight is 393 g/mol. The lowest BCUT2D eigenvalue weighted by molar-refractivity contribution is -0.140. The normalized spacial score (nSPS) is 12.2. The summed E-state index contributed by atoms with van der Waals surface area (Å²) in [5, 5.41) is 1.58. The Bertz CT molecular complexity index is 693. The van der Waals surface area contributed by atoms with E-state index in [1.165, 1.54) is 7.11 Å². The van der Waals surface area contributed by atoms with Crippen LogP contribution in [0.3, 0.4) is 0 Å². The molecule has 1 aromatic carbocycles. The first-order valence-electron chi connectivity index (χ1n) is 6.04. The molecule has 0 fully saturated rings. The van der Waals surface area contributed by atoms with E-state index < -0.39 is 10.8 Å². The van der Waals surface area contributed by atoms with Gasteiger partial charge in [-0.2, -0.15) is 0 Å². The second-order valence-electron chi connectivity index (χ2n) is 4.32. The van der Waals surface area contributed by atoms with Gasteiger partial charge in [0.15, 0.2) is 5.75 Å². The highest BCUT2D eigenvalue weighted by molar-refractivity contribution is 9.10. The number of aromatic nitrogens is 1. The van der Waals surface area contributed by atoms with Gasteiger partial charge in [-0.3, -0.25) is 4.79 Å². The molecule has 0 aliphatic rings. The van der Waals surface area contributed by atoms with Crippen molar-refractivity contribution in [3.63, 3.8) is 0 Å². The van der Waals surface area contributed by atoms with Crippen molar-refractivity contribution in [2.24, 2.45) is 0 Å². The van der Waals surface area contributed by atoms with Crippen LogP contribution in [0.25, 0.3) is 10.9 Å². The summed E-state index contributed by atoms with van der Waals surface area (Å²) >= 11 is 15.5. The molecule has 21 heavy (non-hydrogen) atoms. The fraction of sp³-hybridized carbons (Fsp3) is 0.286. The second-order valence-corrected chi connectivity index (χ2v) is 6.24. The van der Waals surface area contributed by atoms with Crippen molar-refractivity contribution in [3.05, 3.63) is 33.9 Å². The fourth-order valence-corrected chi connectivity index (χ4v) is 2.67. The van der Waals surface area contributed by atoms with Crippen molar-refractivity contribution in [1.29, 1.82) is 0 Å². The zero-order valence-electron chi connectivity index (χ0n) is 11.3. The first-order chi connectivity index (χ1) is 9.93. The first kappa shape index (κ1) is 16.3. The van der Waals surface area contributed by atoms with Crippen LogP contribution < -0.4 is 4.74 Å². The van der Waals surface area contributed by atoms with Crippen LogP contribution in [0.15, 0.2) is 18.2 Å². The van der Waals surface area contributed by atoms with Crippen LogP contribution in [0, 0.1) is 6.92 Å². The SMILES string of the molecule is COC(=O)C(Br)COc1c(Cl)cc(Cl)c2ccc(C)nc12. The number of methoxy groups -OCH3 is 1. The van der Waals surface area contributed by atoms with Gasteiger partial charge in [0.1, 0.15) is 17.0 Å². The van der Waals surface area contributed by atoms with Crippen LogP contribution in [-0.2, 0) is 9.53 Å². The maximum Gasteiger partial charge on any atom is 0.322 e. The lowest BCUT2D eigenvalue weighted by atomic mass is 10.2. The zero-order valence-corrected chi connectivity index (χ0v) is 14.4. The Morgan fingerprint density at radius 3 is 2.76 bits per heavy atom. The molecule has 0 aliphatic carbocycles. The van der Waals surface area contributed by atoms with Gasteiger partial charge in [0.25, 0.3) is 0 Å². The van der Waals surface area contributed by atoms with E-state index in [0.717, 1.165) is 11.1 Å². The predicted octanol–water partition coefficient (Wildman–Crippen LogP) is 4.17. The van der Waals surface area contributed by atoms with Crippen LogP contribution in [0.5, 0.6) is 5.75 Å². The summed E-state index contributed by atoms with van der Waals surface area (Å²) in [6.45, 7) is 1.93. The Morgan fingerprint density at radius 1 is 1.38 bits per heavy atom. The summed E-state index contributed by atoms with van der Waals surface area (Å²) in [4.78, 5) is 15.2. The van der Waals surface area contributed by atoms with Crippen LogP contribution in [0.1, 0.15) is 5.69 Å². The van der Waals surface area contributed by atoms with Gasteiger partial charge >= 0.3 is 5.97 Å². The van der Waals surface area contributed by atoms with Crippen molar-refractivity contribution in [2.75, 3.05) is 13.7 Å². The molecule has 1 heterocycles. The van der Waals surface area contributed by atoms with Crippen LogP contribution in [0.2, 0.25) is 10.0 Å². The number of aryl methyl sites for hydroxylation is 1. The molecule has 2 aromatic rings. The average Bonchev–Trinajstić information content (AvgIpc) is 2.45. The number of carbonyl (C=O) groups excluding carboxylic acids is 1. The van der Waals surface area contributed by atoms with E-state index in [1.807, 2.05) is 19.1 Å². The molecule has 0 bridgehead atoms. The van der Waals surface area contributed by atoms with E-state index >= 15 is 0 Å². The van der Waals surface area contributed by atoms with Crippen LogP contribution in [0.4, 0.5) is 0 Å². The number of fused-ring (bicyclic) bond motifs is 1. The Balaban J connectivity index is 2.39. The summed E-state index contributed by atoms with van der Waals surface area (Å²) in [5.74, 6) is -0.0262. The third-order valence-corrected chi connectivity index (χ3v) is 4.04. The molecule has 112 valence electrons. The van der Waals surface area contributed by atoms with E-state index in [-0.39, 0.29) is 6.61 Å². The quantitative estimate of drug-likeness (QED) is 0.578. The van der Waals surface area contributed by atoms with Gasteiger partial charge in [0.2, 0.25) is 0 Å². The molecule has 1 unspecified atom stereocenters. The predicted molar refractivity (Wildman–Crippen MR) is 86.7 cm³/mol. The number of hydrogen-bond donors (Lipinski definition) is 0. The lowest BCUT2D eigenvalue weighted by Crippen LogP contribution is -2.23. The number of rotatable bonds is 4. The van der Waals surface area contributed by atoms with E-state index in [9.17, 15) is 4.79 Å². The molecule has 1 aromatic heterocycles. The Kier molecular flexibility index (Phi) is 5.30. The number of pyridine rings is 1. The van der Waals surface area contributed by atoms with Crippen molar-refractivity contribution in [2.45, 2.75) is 11.8 Å². The smallest absolute Gasteiger partial charge is 0.322 e. The van der Waals surface area contributed by atoms with Crippen molar-refractivity contribution in [1.82, 2.24) is 4.98 Å². The van der Waals surface area contributed by atoms with E-state index in [2.05, 4.69) is 25.7 Å². The molecule has 0 amide bonds. The standard InChI is InChI=1S/C14H12BrCl2NO3/c1-7-3-4-8-10(16)5-11(17)13(12(8)18-7)21-6-9(15)14(19)20-2/h3-5,9H,6H2,1-2H3. The number of alkyl halides is 1. The number of nitrogens with zero attached hydrogens (tertiary/aromatic N) is 1. The molecular weight excluding hydrogens is 381 g/mol. The Labute approximate surface area is 140 Å². The highest BCUT2D eigenvalue weighted by Crippen LogP contribution is 2.37. The summed E-state index contributed by atoms with van der Waals surface area (Å²) in [7, 11) is 1.31. The maximum absolute atomic E-state index is 11.4. The zero-order chi connectivity index (χ0) is 15.6. The number of carbonyl (C=O) groups is 1. The minimum absolute atomic E-state index is 0.0682. The van der Waals surface area contributed by atoms with E-state index in [4.69, 9.17) is 27.9 Å². The molecule has 4 nitrogen and oxygen atoms in total. The molecule has 7 heteroatoms. The molecule has 0 N–H and O–H groups in total. The molecule has 1 atom stereocenters. The number of hydrogen-bond acceptors (Lipinski definition) is 4. The molecule has 0 saturated carbocycles. The van der Waals surface area contributed by atoms with Crippen molar-refractivity contribution in [3.8, 4) is 5.75 Å². The van der Waals surface area contributed by atoms with Gasteiger partial charge in [-0.15, -0.1) is 0 Å². The molecule has 0 saturated heterocycles. The van der Waals surface area contributed by atoms with Gasteiger partial charge in [0, 0.05) is 11.1 Å². The molecule has 0 aliphatic heterocycles. The maximum atomic E-state index is 11.4. The third kappa shape index (κ3) is 3.59. The first-order valence-corrected chi connectivity index (χ1v) is 7.71. The van der Waals surface area contributed by atoms with Gasteiger partial charge < -0.3 is 9.47 Å². The number of esters is 1. The molecule has 0 radical (unpaired) electrons. The topological polar surface area (TPSA) is 48.4 Å². The number of ether oxygens (including phenoxy) is 2. The van der Waals surface area contributed by atoms with Crippen LogP contribution in [-0.4, -0.2) is 29.5 Å². The summed E-state index contributed by atoms with van der Waals surface area (Å²) in [5.41, 5.74) is 1.38. The third-order valence-electron chi connectivity index (χ3n) is 2.81. The van der Waals surface area contributed by atoms with Crippen molar-refractivity contribution < 1.29 is 14.3 Å². The lowest BCUT2D eigenvalue weighted by Gasteiger charge is -2.14. The molecule has 2 rings (SSSR count). The Hall–Kier alpha value is -1.04. The number of benzene rings is 1. The number of halogens is 3. The fourth-order valence-electron chi connectivity index (χ4n) is 1.78. The highest BCUT2D eigenvalue weighted by atomic mass is 79.9. The summed E-state index contributed by atoms with van der Waals surface area (Å²) in [6.07, 6.45) is 0. The second kappa shape index (κ2) is 6.81. The minimum Gasteiger partial charge on any atom is -0.488 e. The van der Waals surface area contributed by atoms with Gasteiger partial charge in [-0.25, -0.2) is 4.98 Å². The van der Waals surface area contributed by atoms with Crippen LogP contribution >= 0.6 is 39.1 Å². The largest absolute Gasteiger partial charge is 0.488 e. The van der Waals surface area contributed by atoms with Gasteiger partial charge in [0.05, 0.1) is 17.2 Å². The Morgan fingerprint density at radius 2 is 2.10 bits per heavy atom. The minimum atomic E-state index is -0.589. The molecule has 0 spiro atoms. The summed E-state index contributed by atoms with van der Waals surface area (Å²) in [6, 6.07) is 5.31. The van der Waals surface area contributed by atoms with E-state index in [1.54, 1.807) is 6.07 Å². The monoisotopic (exact) mass is 391 g/mol. The van der Waals surface area contributed by atoms with Crippen molar-refractivity contribution >= 4 is 56.0 Å². The van der Waals surface area contributed by atoms with E-state index in [0.29, 0.717) is 21.3 Å². The summed E-state index contributed by atoms with van der Waals surface area (Å²) < 4.78 is 10.3. The highest BCUT2D eigenvalue weighted by Gasteiger charge is 2.19. The van der Waals surface area contributed by atoms with Gasteiger partial charge in [-0.1, -0.05) is 39.1 Å².